The van der Waals surface area contributed by atoms with Crippen molar-refractivity contribution in [2.24, 2.45) is 0 Å². The predicted molar refractivity (Wildman–Crippen MR) is 123 cm³/mol. The van der Waals surface area contributed by atoms with Gasteiger partial charge in [0.25, 0.3) is 5.91 Å². The number of halogens is 1. The Hall–Kier alpha value is -4.77. The number of fused-ring (bicyclic) bond motifs is 1. The molecule has 4 N–H and O–H groups in total. The molecule has 36 heavy (non-hydrogen) atoms. The highest BCUT2D eigenvalue weighted by molar-refractivity contribution is 5.87. The summed E-state index contributed by atoms with van der Waals surface area (Å²) in [6.45, 7) is 0.0595. The summed E-state index contributed by atoms with van der Waals surface area (Å²) in [6, 6.07) is 16.6. The van der Waals surface area contributed by atoms with Crippen molar-refractivity contribution >= 4 is 17.7 Å². The molecular weight excluding hydrogens is 475 g/mol. The first-order valence-corrected chi connectivity index (χ1v) is 10.6. The molecule has 0 unspecified atom stereocenters. The van der Waals surface area contributed by atoms with Crippen LogP contribution in [0.3, 0.4) is 0 Å². The van der Waals surface area contributed by atoms with Gasteiger partial charge in [0.2, 0.25) is 6.79 Å². The Morgan fingerprint density at radius 3 is 2.56 bits per heavy atom. The molecule has 1 aliphatic rings. The zero-order valence-corrected chi connectivity index (χ0v) is 18.6. The average molecular weight is 496 g/mol. The molecule has 3 aromatic carbocycles. The molecule has 11 heteroatoms. The van der Waals surface area contributed by atoms with Crippen LogP contribution in [-0.2, 0) is 9.53 Å². The molecule has 0 spiro atoms. The van der Waals surface area contributed by atoms with E-state index < -0.39 is 35.8 Å². The van der Waals surface area contributed by atoms with Crippen molar-refractivity contribution in [2.45, 2.75) is 12.2 Å². The van der Waals surface area contributed by atoms with Crippen LogP contribution in [0.1, 0.15) is 11.7 Å². The van der Waals surface area contributed by atoms with Crippen LogP contribution in [0.4, 0.5) is 14.9 Å². The summed E-state index contributed by atoms with van der Waals surface area (Å²) in [7, 11) is 0. The maximum absolute atomic E-state index is 14.2. The maximum Gasteiger partial charge on any atom is 0.412 e. The van der Waals surface area contributed by atoms with Crippen molar-refractivity contribution in [1.29, 1.82) is 0 Å². The molecule has 186 valence electrons. The van der Waals surface area contributed by atoms with Crippen LogP contribution in [0.5, 0.6) is 23.0 Å². The van der Waals surface area contributed by atoms with Crippen molar-refractivity contribution in [3.8, 4) is 23.0 Å². The van der Waals surface area contributed by atoms with Gasteiger partial charge in [-0.3, -0.25) is 15.3 Å². The molecule has 0 bridgehead atoms. The number of para-hydroxylation sites is 1. The zero-order chi connectivity index (χ0) is 25.5. The highest BCUT2D eigenvalue weighted by atomic mass is 19.1. The number of carbonyl (C=O) groups is 2. The molecule has 3 aromatic rings. The van der Waals surface area contributed by atoms with E-state index in [0.717, 1.165) is 18.2 Å². The van der Waals surface area contributed by atoms with Gasteiger partial charge in [0.15, 0.2) is 35.3 Å². The Labute approximate surface area is 204 Å². The minimum Gasteiger partial charge on any atom is -0.505 e. The Kier molecular flexibility index (Phi) is 7.51. The summed E-state index contributed by atoms with van der Waals surface area (Å²) in [5.74, 6) is -1.09. The normalized spacial score (nSPS) is 13.6. The minimum absolute atomic E-state index is 0.0595. The van der Waals surface area contributed by atoms with Crippen LogP contribution in [-0.4, -0.2) is 35.2 Å². The van der Waals surface area contributed by atoms with Gasteiger partial charge in [0.1, 0.15) is 5.75 Å². The summed E-state index contributed by atoms with van der Waals surface area (Å²) < 4.78 is 36.3. The van der Waals surface area contributed by atoms with Gasteiger partial charge in [-0.15, -0.1) is 0 Å². The lowest BCUT2D eigenvalue weighted by Crippen LogP contribution is -2.30. The van der Waals surface area contributed by atoms with E-state index >= 15 is 0 Å². The first kappa shape index (κ1) is 24.4. The third-order valence-electron chi connectivity index (χ3n) is 5.01. The Morgan fingerprint density at radius 2 is 1.81 bits per heavy atom. The van der Waals surface area contributed by atoms with Crippen LogP contribution < -0.4 is 25.0 Å². The number of amides is 2. The molecule has 1 heterocycles. The Balaban J connectivity index is 1.64. The second-order valence-corrected chi connectivity index (χ2v) is 7.46. The van der Waals surface area contributed by atoms with E-state index in [1.165, 1.54) is 17.6 Å². The first-order chi connectivity index (χ1) is 17.4. The smallest absolute Gasteiger partial charge is 0.412 e. The van der Waals surface area contributed by atoms with Gasteiger partial charge < -0.3 is 24.1 Å². The Bertz CT molecular complexity index is 1270. The Morgan fingerprint density at radius 1 is 1.03 bits per heavy atom. The molecule has 4 rings (SSSR count). The minimum atomic E-state index is -1.29. The highest BCUT2D eigenvalue weighted by Gasteiger charge is 2.29. The van der Waals surface area contributed by atoms with Crippen molar-refractivity contribution < 1.29 is 43.2 Å². The number of anilines is 1. The van der Waals surface area contributed by atoms with E-state index in [-0.39, 0.29) is 12.4 Å². The number of phenolic OH excluding ortho intramolecular Hbond substituents is 1. The number of phenols is 1. The van der Waals surface area contributed by atoms with Gasteiger partial charge >= 0.3 is 6.09 Å². The van der Waals surface area contributed by atoms with Gasteiger partial charge in [-0.2, -0.15) is 0 Å². The maximum atomic E-state index is 14.2. The predicted octanol–water partition coefficient (Wildman–Crippen LogP) is 4.06. The third kappa shape index (κ3) is 6.02. The average Bonchev–Trinajstić information content (AvgIpc) is 3.35. The van der Waals surface area contributed by atoms with E-state index in [0.29, 0.717) is 22.9 Å². The first-order valence-electron chi connectivity index (χ1n) is 10.6. The molecule has 10 nitrogen and oxygen atoms in total. The second-order valence-electron chi connectivity index (χ2n) is 7.46. The van der Waals surface area contributed by atoms with Gasteiger partial charge in [-0.25, -0.2) is 14.7 Å². The van der Waals surface area contributed by atoms with Gasteiger partial charge in [0, 0.05) is 17.8 Å². The van der Waals surface area contributed by atoms with Gasteiger partial charge in [-0.1, -0.05) is 24.3 Å². The van der Waals surface area contributed by atoms with E-state index in [9.17, 15) is 19.1 Å². The van der Waals surface area contributed by atoms with Crippen LogP contribution >= 0.6 is 0 Å². The molecule has 0 aliphatic carbocycles. The summed E-state index contributed by atoms with van der Waals surface area (Å²) in [4.78, 5) is 24.5. The largest absolute Gasteiger partial charge is 0.505 e. The molecule has 2 amide bonds. The molecule has 0 aromatic heterocycles. The molecular formula is C25H21FN2O8. The molecule has 2 atom stereocenters. The fourth-order valence-corrected chi connectivity index (χ4v) is 3.34. The topological polar surface area (TPSA) is 136 Å². The third-order valence-corrected chi connectivity index (χ3v) is 5.01. The fourth-order valence-electron chi connectivity index (χ4n) is 3.34. The summed E-state index contributed by atoms with van der Waals surface area (Å²) >= 11 is 0. The van der Waals surface area contributed by atoms with Crippen LogP contribution in [0, 0.1) is 5.82 Å². The van der Waals surface area contributed by atoms with Crippen molar-refractivity contribution in [3.05, 3.63) is 90.3 Å². The lowest BCUT2D eigenvalue weighted by molar-refractivity contribution is -0.124. The van der Waals surface area contributed by atoms with Gasteiger partial charge in [0.05, 0.1) is 0 Å². The quantitative estimate of drug-likeness (QED) is 0.208. The van der Waals surface area contributed by atoms with Crippen LogP contribution in [0.15, 0.2) is 78.9 Å². The lowest BCUT2D eigenvalue weighted by atomic mass is 10.0. The van der Waals surface area contributed by atoms with Crippen molar-refractivity contribution in [3.63, 3.8) is 0 Å². The summed E-state index contributed by atoms with van der Waals surface area (Å²) in [5.41, 5.74) is 1.93. The summed E-state index contributed by atoms with van der Waals surface area (Å²) in [5, 5.41) is 21.0. The zero-order valence-electron chi connectivity index (χ0n) is 18.6. The number of rotatable bonds is 8. The van der Waals surface area contributed by atoms with Crippen molar-refractivity contribution in [1.82, 2.24) is 5.48 Å². The molecule has 0 saturated heterocycles. The number of aromatic hydroxyl groups is 1. The number of nitrogens with one attached hydrogen (secondary N) is 2. The van der Waals surface area contributed by atoms with E-state index in [1.54, 1.807) is 48.5 Å². The number of hydrogen-bond donors (Lipinski definition) is 4. The van der Waals surface area contributed by atoms with E-state index in [1.807, 2.05) is 0 Å². The fraction of sp³-hybridized carbons (Fsp3) is 0.120. The highest BCUT2D eigenvalue weighted by Crippen LogP contribution is 2.35. The van der Waals surface area contributed by atoms with Crippen LogP contribution in [0.2, 0.25) is 0 Å². The molecule has 0 radical (unpaired) electrons. The number of ether oxygens (including phenoxy) is 4. The number of hydrogen-bond acceptors (Lipinski definition) is 8. The van der Waals surface area contributed by atoms with Crippen LogP contribution in [0.25, 0.3) is 0 Å². The second kappa shape index (κ2) is 11.1. The number of hydroxylamine groups is 1. The van der Waals surface area contributed by atoms with E-state index in [4.69, 9.17) is 24.2 Å². The van der Waals surface area contributed by atoms with Crippen molar-refractivity contribution in [2.75, 3.05) is 12.1 Å². The number of carbonyl (C=O) groups excluding carboxylic acids is 2. The summed E-state index contributed by atoms with van der Waals surface area (Å²) in [6.07, 6.45) is -1.17. The molecule has 0 saturated carbocycles. The lowest BCUT2D eigenvalue weighted by Gasteiger charge is -2.26. The molecule has 0 fully saturated rings. The monoisotopic (exact) mass is 496 g/mol. The van der Waals surface area contributed by atoms with Gasteiger partial charge in [-0.05, 0) is 48.0 Å². The SMILES string of the molecule is O=C(/C=C/[C@H](Oc1ccccc1)[C@@H](OC(=O)Nc1ccc2c(c1)OCO2)c1ccc(O)c(F)c1)NO. The van der Waals surface area contributed by atoms with E-state index in [2.05, 4.69) is 5.32 Å². The standard InChI is InChI=1S/C25H21FN2O8/c26-18-12-15(6-8-19(18)29)24(21(10-11-23(30)28-32)35-17-4-2-1-3-5-17)36-25(31)27-16-7-9-20-22(13-16)34-14-33-20/h1-13,21,24,29,32H,14H2,(H,27,31)(H,28,30)/b11-10+/t21-,24-/m0/s1. The molecule has 1 aliphatic heterocycles. The number of benzene rings is 3.